The highest BCUT2D eigenvalue weighted by Crippen LogP contribution is 2.26. The van der Waals surface area contributed by atoms with Crippen LogP contribution in [0.4, 0.5) is 11.4 Å². The molecule has 0 atom stereocenters. The lowest BCUT2D eigenvalue weighted by atomic mass is 10.2. The van der Waals surface area contributed by atoms with Crippen LogP contribution < -0.4 is 15.5 Å². The van der Waals surface area contributed by atoms with E-state index in [2.05, 4.69) is 33.4 Å². The SMILES string of the molecule is CCN1CCN(c2ccccc2NC(=O)CNCCOC)CC1. The molecule has 6 nitrogen and oxygen atoms in total. The minimum absolute atomic E-state index is 0.0271. The van der Waals surface area contributed by atoms with Gasteiger partial charge in [0, 0.05) is 39.8 Å². The Bertz CT molecular complexity index is 487. The van der Waals surface area contributed by atoms with Crippen molar-refractivity contribution in [1.29, 1.82) is 0 Å². The second kappa shape index (κ2) is 9.50. The van der Waals surface area contributed by atoms with Gasteiger partial charge in [0.15, 0.2) is 0 Å². The van der Waals surface area contributed by atoms with Crippen LogP contribution in [-0.2, 0) is 9.53 Å². The van der Waals surface area contributed by atoms with Crippen LogP contribution in [0.3, 0.4) is 0 Å². The zero-order valence-corrected chi connectivity index (χ0v) is 14.2. The van der Waals surface area contributed by atoms with E-state index in [-0.39, 0.29) is 5.91 Å². The number of nitrogens with one attached hydrogen (secondary N) is 2. The molecule has 1 aromatic rings. The van der Waals surface area contributed by atoms with Gasteiger partial charge in [0.25, 0.3) is 0 Å². The summed E-state index contributed by atoms with van der Waals surface area (Å²) >= 11 is 0. The average molecular weight is 320 g/mol. The van der Waals surface area contributed by atoms with Gasteiger partial charge < -0.3 is 25.2 Å². The van der Waals surface area contributed by atoms with Gasteiger partial charge in [-0.05, 0) is 18.7 Å². The van der Waals surface area contributed by atoms with E-state index >= 15 is 0 Å². The van der Waals surface area contributed by atoms with Crippen molar-refractivity contribution in [1.82, 2.24) is 10.2 Å². The number of rotatable bonds is 8. The van der Waals surface area contributed by atoms with Crippen LogP contribution in [0.25, 0.3) is 0 Å². The average Bonchev–Trinajstić information content (AvgIpc) is 2.59. The lowest BCUT2D eigenvalue weighted by Gasteiger charge is -2.36. The highest BCUT2D eigenvalue weighted by molar-refractivity contribution is 5.95. The number of likely N-dealkylation sites (N-methyl/N-ethyl adjacent to an activating group) is 1. The Kier molecular flexibility index (Phi) is 7.32. The molecule has 1 aliphatic rings. The number of benzene rings is 1. The summed E-state index contributed by atoms with van der Waals surface area (Å²) in [6, 6.07) is 8.03. The molecule has 1 saturated heterocycles. The second-order valence-corrected chi connectivity index (χ2v) is 5.66. The van der Waals surface area contributed by atoms with Crippen molar-refractivity contribution in [2.24, 2.45) is 0 Å². The van der Waals surface area contributed by atoms with Crippen molar-refractivity contribution in [3.63, 3.8) is 0 Å². The molecule has 2 N–H and O–H groups in total. The van der Waals surface area contributed by atoms with Crippen LogP contribution in [0.15, 0.2) is 24.3 Å². The number of hydrogen-bond acceptors (Lipinski definition) is 5. The van der Waals surface area contributed by atoms with E-state index in [1.54, 1.807) is 7.11 Å². The summed E-state index contributed by atoms with van der Waals surface area (Å²) in [4.78, 5) is 16.9. The van der Waals surface area contributed by atoms with E-state index in [4.69, 9.17) is 4.74 Å². The predicted molar refractivity (Wildman–Crippen MR) is 94.1 cm³/mol. The van der Waals surface area contributed by atoms with Gasteiger partial charge >= 0.3 is 0 Å². The van der Waals surface area contributed by atoms with Crippen molar-refractivity contribution in [2.75, 3.05) is 69.7 Å². The summed E-state index contributed by atoms with van der Waals surface area (Å²) in [6.45, 7) is 8.98. The van der Waals surface area contributed by atoms with Crippen LogP contribution >= 0.6 is 0 Å². The fourth-order valence-corrected chi connectivity index (χ4v) is 2.73. The molecule has 0 aliphatic carbocycles. The maximum Gasteiger partial charge on any atom is 0.238 e. The molecule has 1 heterocycles. The van der Waals surface area contributed by atoms with E-state index in [9.17, 15) is 4.79 Å². The van der Waals surface area contributed by atoms with Gasteiger partial charge in [-0.1, -0.05) is 19.1 Å². The first kappa shape index (κ1) is 17.7. The summed E-state index contributed by atoms with van der Waals surface area (Å²) in [5.74, 6) is -0.0271. The van der Waals surface area contributed by atoms with Gasteiger partial charge in [-0.15, -0.1) is 0 Å². The van der Waals surface area contributed by atoms with Crippen LogP contribution in [0, 0.1) is 0 Å². The molecular weight excluding hydrogens is 292 g/mol. The van der Waals surface area contributed by atoms with Crippen molar-refractivity contribution >= 4 is 17.3 Å². The van der Waals surface area contributed by atoms with Crippen LogP contribution in [0.5, 0.6) is 0 Å². The molecule has 0 radical (unpaired) electrons. The fourth-order valence-electron chi connectivity index (χ4n) is 2.73. The molecule has 0 aromatic heterocycles. The number of methoxy groups -OCH3 is 1. The first-order chi connectivity index (χ1) is 11.2. The molecule has 0 bridgehead atoms. The Hall–Kier alpha value is -1.63. The third kappa shape index (κ3) is 5.49. The van der Waals surface area contributed by atoms with Crippen molar-refractivity contribution in [2.45, 2.75) is 6.92 Å². The van der Waals surface area contributed by atoms with E-state index in [1.807, 2.05) is 18.2 Å². The van der Waals surface area contributed by atoms with Crippen molar-refractivity contribution < 1.29 is 9.53 Å². The van der Waals surface area contributed by atoms with Gasteiger partial charge in [-0.3, -0.25) is 4.79 Å². The molecule has 0 unspecified atom stereocenters. The van der Waals surface area contributed by atoms with Gasteiger partial charge in [0.2, 0.25) is 5.91 Å². The number of para-hydroxylation sites is 2. The Morgan fingerprint density at radius 2 is 1.96 bits per heavy atom. The first-order valence-corrected chi connectivity index (χ1v) is 8.30. The molecule has 0 spiro atoms. The molecule has 1 amide bonds. The van der Waals surface area contributed by atoms with Crippen molar-refractivity contribution in [3.05, 3.63) is 24.3 Å². The quantitative estimate of drug-likeness (QED) is 0.700. The Morgan fingerprint density at radius 3 is 2.65 bits per heavy atom. The standard InChI is InChI=1S/C17H28N4O2/c1-3-20-9-11-21(12-10-20)16-7-5-4-6-15(16)19-17(22)14-18-8-13-23-2/h4-7,18H,3,8-14H2,1-2H3,(H,19,22). The van der Waals surface area contributed by atoms with E-state index < -0.39 is 0 Å². The number of carbonyl (C=O) groups excluding carboxylic acids is 1. The Morgan fingerprint density at radius 1 is 1.22 bits per heavy atom. The van der Waals surface area contributed by atoms with E-state index in [0.717, 1.165) is 44.1 Å². The summed E-state index contributed by atoms with van der Waals surface area (Å²) in [6.07, 6.45) is 0. The summed E-state index contributed by atoms with van der Waals surface area (Å²) in [5, 5.41) is 6.07. The largest absolute Gasteiger partial charge is 0.383 e. The highest BCUT2D eigenvalue weighted by Gasteiger charge is 2.18. The number of ether oxygens (including phenoxy) is 1. The molecule has 1 aromatic carbocycles. The third-order valence-corrected chi connectivity index (χ3v) is 4.11. The molecule has 0 saturated carbocycles. The maximum atomic E-state index is 12.1. The molecule has 1 fully saturated rings. The van der Waals surface area contributed by atoms with Crippen LogP contribution in [0.1, 0.15) is 6.92 Å². The third-order valence-electron chi connectivity index (χ3n) is 4.11. The zero-order valence-electron chi connectivity index (χ0n) is 14.2. The van der Waals surface area contributed by atoms with Gasteiger partial charge in [0.1, 0.15) is 0 Å². The molecule has 23 heavy (non-hydrogen) atoms. The normalized spacial score (nSPS) is 15.7. The van der Waals surface area contributed by atoms with Crippen LogP contribution in [0.2, 0.25) is 0 Å². The summed E-state index contributed by atoms with van der Waals surface area (Å²) in [7, 11) is 1.65. The lowest BCUT2D eigenvalue weighted by Crippen LogP contribution is -2.46. The molecular formula is C17H28N4O2. The summed E-state index contributed by atoms with van der Waals surface area (Å²) in [5.41, 5.74) is 1.99. The fraction of sp³-hybridized carbons (Fsp3) is 0.588. The topological polar surface area (TPSA) is 56.8 Å². The minimum Gasteiger partial charge on any atom is -0.383 e. The molecule has 2 rings (SSSR count). The van der Waals surface area contributed by atoms with Gasteiger partial charge in [-0.25, -0.2) is 0 Å². The highest BCUT2D eigenvalue weighted by atomic mass is 16.5. The minimum atomic E-state index is -0.0271. The number of hydrogen-bond donors (Lipinski definition) is 2. The second-order valence-electron chi connectivity index (χ2n) is 5.66. The monoisotopic (exact) mass is 320 g/mol. The van der Waals surface area contributed by atoms with Crippen LogP contribution in [-0.4, -0.2) is 70.3 Å². The smallest absolute Gasteiger partial charge is 0.238 e. The number of amides is 1. The van der Waals surface area contributed by atoms with Crippen molar-refractivity contribution in [3.8, 4) is 0 Å². The molecule has 128 valence electrons. The number of piperazine rings is 1. The maximum absolute atomic E-state index is 12.1. The predicted octanol–water partition coefficient (Wildman–Crippen LogP) is 1.00. The molecule has 6 heteroatoms. The Balaban J connectivity index is 1.91. The van der Waals surface area contributed by atoms with E-state index in [1.165, 1.54) is 0 Å². The van der Waals surface area contributed by atoms with Gasteiger partial charge in [0.05, 0.1) is 24.5 Å². The zero-order chi connectivity index (χ0) is 16.5. The number of carbonyl (C=O) groups is 1. The molecule has 1 aliphatic heterocycles. The summed E-state index contributed by atoms with van der Waals surface area (Å²) < 4.78 is 4.95. The number of anilines is 2. The first-order valence-electron chi connectivity index (χ1n) is 8.30. The van der Waals surface area contributed by atoms with Gasteiger partial charge in [-0.2, -0.15) is 0 Å². The Labute approximate surface area is 138 Å². The van der Waals surface area contributed by atoms with E-state index in [0.29, 0.717) is 19.7 Å². The number of nitrogens with zero attached hydrogens (tertiary/aromatic N) is 2. The lowest BCUT2D eigenvalue weighted by molar-refractivity contribution is -0.115.